The minimum Gasteiger partial charge on any atom is -0.395 e. The number of rotatable bonds is 6. The molecule has 1 atom stereocenters. The van der Waals surface area contributed by atoms with Crippen LogP contribution in [0.3, 0.4) is 0 Å². The minimum atomic E-state index is -3.53. The summed E-state index contributed by atoms with van der Waals surface area (Å²) >= 11 is 0. The Labute approximate surface area is 103 Å². The van der Waals surface area contributed by atoms with Crippen molar-refractivity contribution in [3.63, 3.8) is 0 Å². The Hall–Kier alpha value is -0.910. The second-order valence-corrected chi connectivity index (χ2v) is 6.16. The summed E-state index contributed by atoms with van der Waals surface area (Å²) in [5.41, 5.74) is 0. The molecule has 0 aliphatic heterocycles. The number of hydrogen-bond acceptors (Lipinski definition) is 3. The van der Waals surface area contributed by atoms with Gasteiger partial charge in [0.25, 0.3) is 0 Å². The van der Waals surface area contributed by atoms with Crippen molar-refractivity contribution in [2.75, 3.05) is 6.61 Å². The Kier molecular flexibility index (Phi) is 5.11. The molecule has 1 rings (SSSR count). The summed E-state index contributed by atoms with van der Waals surface area (Å²) in [4.78, 5) is 0.224. The largest absolute Gasteiger partial charge is 0.395 e. The zero-order chi connectivity index (χ0) is 12.9. The van der Waals surface area contributed by atoms with Crippen LogP contribution in [-0.2, 0) is 10.0 Å². The van der Waals surface area contributed by atoms with Crippen molar-refractivity contribution >= 4 is 10.0 Å². The van der Waals surface area contributed by atoms with Crippen LogP contribution in [0.1, 0.15) is 20.3 Å². The van der Waals surface area contributed by atoms with Gasteiger partial charge in [-0.1, -0.05) is 32.0 Å². The van der Waals surface area contributed by atoms with E-state index in [9.17, 15) is 8.42 Å². The molecule has 0 saturated heterocycles. The molecule has 0 saturated carbocycles. The van der Waals surface area contributed by atoms with E-state index < -0.39 is 16.1 Å². The molecule has 1 aromatic carbocycles. The standard InChI is InChI=1S/C12H19NO3S/c1-10(2)8-11(9-14)13-17(15,16)12-6-4-3-5-7-12/h3-7,10-11,13-14H,8-9H2,1-2H3/t11-/m0/s1. The lowest BCUT2D eigenvalue weighted by molar-refractivity contribution is 0.240. The molecular weight excluding hydrogens is 238 g/mol. The summed E-state index contributed by atoms with van der Waals surface area (Å²) in [6.07, 6.45) is 0.614. The van der Waals surface area contributed by atoms with E-state index in [4.69, 9.17) is 5.11 Å². The van der Waals surface area contributed by atoms with Crippen molar-refractivity contribution in [2.45, 2.75) is 31.2 Å². The fourth-order valence-electron chi connectivity index (χ4n) is 1.62. The quantitative estimate of drug-likeness (QED) is 0.809. The summed E-state index contributed by atoms with van der Waals surface area (Å²) in [6.45, 7) is 3.78. The van der Waals surface area contributed by atoms with Crippen LogP contribution in [0, 0.1) is 5.92 Å². The predicted octanol–water partition coefficient (Wildman–Crippen LogP) is 1.37. The molecule has 2 N–H and O–H groups in total. The van der Waals surface area contributed by atoms with Crippen molar-refractivity contribution < 1.29 is 13.5 Å². The summed E-state index contributed by atoms with van der Waals surface area (Å²) < 4.78 is 26.4. The topological polar surface area (TPSA) is 66.4 Å². The van der Waals surface area contributed by atoms with E-state index in [-0.39, 0.29) is 11.5 Å². The van der Waals surface area contributed by atoms with Crippen molar-refractivity contribution in [2.24, 2.45) is 5.92 Å². The van der Waals surface area contributed by atoms with Gasteiger partial charge in [0, 0.05) is 6.04 Å². The Morgan fingerprint density at radius 1 is 1.24 bits per heavy atom. The molecule has 0 spiro atoms. The van der Waals surface area contributed by atoms with Gasteiger partial charge in [-0.2, -0.15) is 0 Å². The van der Waals surface area contributed by atoms with E-state index in [1.165, 1.54) is 12.1 Å². The van der Waals surface area contributed by atoms with Gasteiger partial charge in [-0.15, -0.1) is 0 Å². The molecule has 0 amide bonds. The highest BCUT2D eigenvalue weighted by Crippen LogP contribution is 2.11. The van der Waals surface area contributed by atoms with Crippen LogP contribution >= 0.6 is 0 Å². The molecule has 96 valence electrons. The molecule has 0 aromatic heterocycles. The maximum Gasteiger partial charge on any atom is 0.240 e. The minimum absolute atomic E-state index is 0.190. The van der Waals surface area contributed by atoms with Crippen LogP contribution in [0.25, 0.3) is 0 Å². The van der Waals surface area contributed by atoms with Crippen molar-refractivity contribution in [1.29, 1.82) is 0 Å². The van der Waals surface area contributed by atoms with Gasteiger partial charge in [0.2, 0.25) is 10.0 Å². The highest BCUT2D eigenvalue weighted by atomic mass is 32.2. The fraction of sp³-hybridized carbons (Fsp3) is 0.500. The molecule has 0 aliphatic carbocycles. The first-order chi connectivity index (χ1) is 7.95. The van der Waals surface area contributed by atoms with E-state index in [0.29, 0.717) is 12.3 Å². The van der Waals surface area contributed by atoms with E-state index >= 15 is 0 Å². The first-order valence-electron chi connectivity index (χ1n) is 5.64. The lowest BCUT2D eigenvalue weighted by atomic mass is 10.1. The number of hydrogen-bond donors (Lipinski definition) is 2. The van der Waals surface area contributed by atoms with Gasteiger partial charge >= 0.3 is 0 Å². The second kappa shape index (κ2) is 6.14. The third-order valence-corrected chi connectivity index (χ3v) is 3.89. The van der Waals surface area contributed by atoms with Crippen molar-refractivity contribution in [3.05, 3.63) is 30.3 Å². The first kappa shape index (κ1) is 14.2. The maximum absolute atomic E-state index is 12.0. The second-order valence-electron chi connectivity index (χ2n) is 4.44. The lowest BCUT2D eigenvalue weighted by Gasteiger charge is -2.18. The third-order valence-electron chi connectivity index (χ3n) is 2.35. The van der Waals surface area contributed by atoms with Gasteiger partial charge in [0.05, 0.1) is 11.5 Å². The number of benzene rings is 1. The fourth-order valence-corrected chi connectivity index (χ4v) is 2.88. The van der Waals surface area contributed by atoms with Crippen LogP contribution in [0.5, 0.6) is 0 Å². The Morgan fingerprint density at radius 3 is 2.29 bits per heavy atom. The average molecular weight is 257 g/mol. The molecule has 17 heavy (non-hydrogen) atoms. The number of aliphatic hydroxyl groups is 1. The molecule has 5 heteroatoms. The smallest absolute Gasteiger partial charge is 0.240 e. The van der Waals surface area contributed by atoms with Crippen LogP contribution in [0.2, 0.25) is 0 Å². The predicted molar refractivity (Wildman–Crippen MR) is 67.1 cm³/mol. The highest BCUT2D eigenvalue weighted by Gasteiger charge is 2.19. The van der Waals surface area contributed by atoms with Crippen LogP contribution in [-0.4, -0.2) is 26.2 Å². The maximum atomic E-state index is 12.0. The first-order valence-corrected chi connectivity index (χ1v) is 7.12. The van der Waals surface area contributed by atoms with Gasteiger partial charge in [0.1, 0.15) is 0 Å². The van der Waals surface area contributed by atoms with Crippen LogP contribution in [0.4, 0.5) is 0 Å². The Bertz CT molecular complexity index is 428. The number of sulfonamides is 1. The molecule has 0 radical (unpaired) electrons. The molecule has 1 aromatic rings. The Balaban J connectivity index is 2.79. The summed E-state index contributed by atoms with van der Waals surface area (Å²) in [5, 5.41) is 9.16. The van der Waals surface area contributed by atoms with Crippen molar-refractivity contribution in [1.82, 2.24) is 4.72 Å². The lowest BCUT2D eigenvalue weighted by Crippen LogP contribution is -2.38. The molecule has 0 fully saturated rings. The highest BCUT2D eigenvalue weighted by molar-refractivity contribution is 7.89. The number of aliphatic hydroxyl groups excluding tert-OH is 1. The monoisotopic (exact) mass is 257 g/mol. The SMILES string of the molecule is CC(C)C[C@@H](CO)NS(=O)(=O)c1ccccc1. The van der Waals surface area contributed by atoms with Crippen molar-refractivity contribution in [3.8, 4) is 0 Å². The zero-order valence-corrected chi connectivity index (χ0v) is 10.9. The summed E-state index contributed by atoms with van der Waals surface area (Å²) in [5.74, 6) is 0.325. The normalized spacial score (nSPS) is 13.9. The van der Waals surface area contributed by atoms with Crippen LogP contribution < -0.4 is 4.72 Å². The van der Waals surface area contributed by atoms with E-state index in [1.807, 2.05) is 13.8 Å². The third kappa shape index (κ3) is 4.46. The molecule has 0 aliphatic rings. The van der Waals surface area contributed by atoms with Gasteiger partial charge in [-0.3, -0.25) is 0 Å². The molecule has 0 bridgehead atoms. The molecule has 0 heterocycles. The molecule has 4 nitrogen and oxygen atoms in total. The van der Waals surface area contributed by atoms with E-state index in [0.717, 1.165) is 0 Å². The molecular formula is C12H19NO3S. The van der Waals surface area contributed by atoms with Gasteiger partial charge in [0.15, 0.2) is 0 Å². The van der Waals surface area contributed by atoms with Crippen LogP contribution in [0.15, 0.2) is 35.2 Å². The van der Waals surface area contributed by atoms with E-state index in [2.05, 4.69) is 4.72 Å². The Morgan fingerprint density at radius 2 is 1.82 bits per heavy atom. The van der Waals surface area contributed by atoms with Gasteiger partial charge < -0.3 is 5.11 Å². The van der Waals surface area contributed by atoms with Gasteiger partial charge in [-0.05, 0) is 24.5 Å². The average Bonchev–Trinajstić information content (AvgIpc) is 2.28. The number of nitrogens with one attached hydrogen (secondary N) is 1. The zero-order valence-electron chi connectivity index (χ0n) is 10.1. The summed E-state index contributed by atoms with van der Waals surface area (Å²) in [6, 6.07) is 7.74. The van der Waals surface area contributed by atoms with Gasteiger partial charge in [-0.25, -0.2) is 13.1 Å². The summed E-state index contributed by atoms with van der Waals surface area (Å²) in [7, 11) is -3.53. The molecule has 0 unspecified atom stereocenters. The van der Waals surface area contributed by atoms with E-state index in [1.54, 1.807) is 18.2 Å².